The van der Waals surface area contributed by atoms with Crippen molar-refractivity contribution < 1.29 is 0 Å². The molecule has 7 heteroatoms. The maximum atomic E-state index is 9.26. The van der Waals surface area contributed by atoms with Crippen LogP contribution in [0.5, 0.6) is 0 Å². The van der Waals surface area contributed by atoms with Crippen LogP contribution in [0.25, 0.3) is 22.4 Å². The zero-order valence-electron chi connectivity index (χ0n) is 14.6. The van der Waals surface area contributed by atoms with Crippen LogP contribution in [-0.2, 0) is 6.54 Å². The van der Waals surface area contributed by atoms with Crippen LogP contribution in [0.3, 0.4) is 0 Å². The van der Waals surface area contributed by atoms with Crippen LogP contribution in [0, 0.1) is 23.2 Å². The summed E-state index contributed by atoms with van der Waals surface area (Å²) in [5.41, 5.74) is 2.80. The van der Waals surface area contributed by atoms with E-state index in [1.54, 1.807) is 24.8 Å². The summed E-state index contributed by atoms with van der Waals surface area (Å²) in [5.74, 6) is 1.55. The Kier molecular flexibility index (Phi) is 4.56. The second-order valence-corrected chi connectivity index (χ2v) is 7.53. The van der Waals surface area contributed by atoms with E-state index in [9.17, 15) is 5.26 Å². The van der Waals surface area contributed by atoms with Crippen molar-refractivity contribution in [3.63, 3.8) is 0 Å². The predicted octanol–water partition coefficient (Wildman–Crippen LogP) is 4.24. The third-order valence-corrected chi connectivity index (χ3v) is 5.35. The van der Waals surface area contributed by atoms with Crippen molar-refractivity contribution in [1.29, 1.82) is 5.26 Å². The molecule has 1 fully saturated rings. The van der Waals surface area contributed by atoms with E-state index in [1.807, 2.05) is 6.07 Å². The molecule has 6 nitrogen and oxygen atoms in total. The third-order valence-electron chi connectivity index (χ3n) is 5.14. The quantitative estimate of drug-likeness (QED) is 0.692. The SMILES string of the molecule is CC1CCC(Cn2cnc3nc(C#N)nc(-c4cncc(Cl)c4)c32)CC1. The Morgan fingerprint density at radius 1 is 1.23 bits per heavy atom. The average molecular weight is 367 g/mol. The molecule has 3 aromatic rings. The molecule has 0 atom stereocenters. The van der Waals surface area contributed by atoms with Gasteiger partial charge in [0, 0.05) is 24.5 Å². The third kappa shape index (κ3) is 3.27. The highest BCUT2D eigenvalue weighted by molar-refractivity contribution is 6.30. The number of nitrogens with zero attached hydrogens (tertiary/aromatic N) is 6. The minimum atomic E-state index is 0.101. The summed E-state index contributed by atoms with van der Waals surface area (Å²) in [7, 11) is 0. The molecule has 1 saturated carbocycles. The van der Waals surface area contributed by atoms with Gasteiger partial charge in [-0.3, -0.25) is 4.98 Å². The lowest BCUT2D eigenvalue weighted by molar-refractivity contribution is 0.266. The highest BCUT2D eigenvalue weighted by Crippen LogP contribution is 2.32. The summed E-state index contributed by atoms with van der Waals surface area (Å²) in [6, 6.07) is 3.82. The molecule has 0 saturated heterocycles. The minimum Gasteiger partial charge on any atom is -0.327 e. The smallest absolute Gasteiger partial charge is 0.234 e. The van der Waals surface area contributed by atoms with E-state index in [2.05, 4.69) is 31.4 Å². The summed E-state index contributed by atoms with van der Waals surface area (Å²) in [6.45, 7) is 3.21. The van der Waals surface area contributed by atoms with Gasteiger partial charge in [0.05, 0.1) is 11.3 Å². The van der Waals surface area contributed by atoms with Gasteiger partial charge in [0.1, 0.15) is 17.3 Å². The fraction of sp³-hybridized carbons (Fsp3) is 0.421. The molecule has 3 aromatic heterocycles. The lowest BCUT2D eigenvalue weighted by Gasteiger charge is -2.26. The van der Waals surface area contributed by atoms with Crippen LogP contribution in [0.15, 0.2) is 24.8 Å². The lowest BCUT2D eigenvalue weighted by atomic mass is 9.83. The molecular formula is C19H19ClN6. The van der Waals surface area contributed by atoms with Crippen molar-refractivity contribution in [2.45, 2.75) is 39.2 Å². The molecule has 3 heterocycles. The van der Waals surface area contributed by atoms with Gasteiger partial charge in [0.2, 0.25) is 5.82 Å². The second-order valence-electron chi connectivity index (χ2n) is 7.09. The molecule has 0 unspecified atom stereocenters. The highest BCUT2D eigenvalue weighted by atomic mass is 35.5. The van der Waals surface area contributed by atoms with Crippen molar-refractivity contribution in [3.8, 4) is 17.3 Å². The fourth-order valence-electron chi connectivity index (χ4n) is 3.70. The first-order valence-electron chi connectivity index (χ1n) is 8.88. The molecule has 0 bridgehead atoms. The minimum absolute atomic E-state index is 0.101. The molecule has 0 amide bonds. The van der Waals surface area contributed by atoms with Gasteiger partial charge in [-0.2, -0.15) is 10.2 Å². The Bertz CT molecular complexity index is 981. The summed E-state index contributed by atoms with van der Waals surface area (Å²) in [4.78, 5) is 17.3. The van der Waals surface area contributed by atoms with Crippen LogP contribution >= 0.6 is 11.6 Å². The zero-order valence-corrected chi connectivity index (χ0v) is 15.3. The standard InChI is InChI=1S/C19H19ClN6/c1-12-2-4-13(5-3-12)10-26-11-23-19-18(26)17(24-16(7-21)25-19)14-6-15(20)9-22-8-14/h6,8-9,11-13H,2-5,10H2,1H3. The Balaban J connectivity index is 1.79. The number of nitriles is 1. The molecule has 0 spiro atoms. The largest absolute Gasteiger partial charge is 0.327 e. The first kappa shape index (κ1) is 16.9. The van der Waals surface area contributed by atoms with E-state index in [4.69, 9.17) is 11.6 Å². The number of fused-ring (bicyclic) bond motifs is 1. The van der Waals surface area contributed by atoms with Gasteiger partial charge in [-0.1, -0.05) is 31.4 Å². The monoisotopic (exact) mass is 366 g/mol. The molecule has 132 valence electrons. The number of hydrogen-bond acceptors (Lipinski definition) is 5. The van der Waals surface area contributed by atoms with E-state index >= 15 is 0 Å². The number of hydrogen-bond donors (Lipinski definition) is 0. The topological polar surface area (TPSA) is 80.3 Å². The van der Waals surface area contributed by atoms with E-state index in [0.717, 1.165) is 23.5 Å². The van der Waals surface area contributed by atoms with Gasteiger partial charge >= 0.3 is 0 Å². The highest BCUT2D eigenvalue weighted by Gasteiger charge is 2.21. The van der Waals surface area contributed by atoms with Crippen LogP contribution < -0.4 is 0 Å². The second kappa shape index (κ2) is 7.00. The lowest BCUT2D eigenvalue weighted by Crippen LogP contribution is -2.17. The van der Waals surface area contributed by atoms with E-state index < -0.39 is 0 Å². The summed E-state index contributed by atoms with van der Waals surface area (Å²) >= 11 is 6.11. The Labute approximate surface area is 156 Å². The number of halogens is 1. The zero-order chi connectivity index (χ0) is 18.1. The van der Waals surface area contributed by atoms with E-state index in [0.29, 0.717) is 22.3 Å². The Hall–Kier alpha value is -2.52. The van der Waals surface area contributed by atoms with Gasteiger partial charge in [-0.25, -0.2) is 9.97 Å². The molecule has 1 aliphatic carbocycles. The molecule has 26 heavy (non-hydrogen) atoms. The van der Waals surface area contributed by atoms with Crippen molar-refractivity contribution in [3.05, 3.63) is 35.6 Å². The first-order chi connectivity index (χ1) is 12.6. The molecule has 1 aliphatic rings. The normalized spacial score (nSPS) is 20.2. The first-order valence-corrected chi connectivity index (χ1v) is 9.25. The van der Waals surface area contributed by atoms with Gasteiger partial charge in [-0.05, 0) is 30.7 Å². The van der Waals surface area contributed by atoms with Crippen molar-refractivity contribution in [2.24, 2.45) is 11.8 Å². The number of imidazole rings is 1. The maximum absolute atomic E-state index is 9.26. The van der Waals surface area contributed by atoms with Crippen LogP contribution in [0.4, 0.5) is 0 Å². The number of rotatable bonds is 3. The molecule has 0 aromatic carbocycles. The summed E-state index contributed by atoms with van der Waals surface area (Å²) in [6.07, 6.45) is 10.1. The Morgan fingerprint density at radius 2 is 2.04 bits per heavy atom. The molecule has 4 rings (SSSR count). The van der Waals surface area contributed by atoms with E-state index in [1.165, 1.54) is 25.7 Å². The summed E-state index contributed by atoms with van der Waals surface area (Å²) < 4.78 is 2.12. The number of pyridine rings is 1. The maximum Gasteiger partial charge on any atom is 0.234 e. The van der Waals surface area contributed by atoms with Gasteiger partial charge in [-0.15, -0.1) is 0 Å². The van der Waals surface area contributed by atoms with Crippen molar-refractivity contribution in [1.82, 2.24) is 24.5 Å². The molecule has 0 aliphatic heterocycles. The molecule has 0 N–H and O–H groups in total. The average Bonchev–Trinajstić information content (AvgIpc) is 3.05. The van der Waals surface area contributed by atoms with Gasteiger partial charge < -0.3 is 4.57 Å². The molecular weight excluding hydrogens is 348 g/mol. The summed E-state index contributed by atoms with van der Waals surface area (Å²) in [5, 5.41) is 9.79. The van der Waals surface area contributed by atoms with Gasteiger partial charge in [0.15, 0.2) is 5.65 Å². The Morgan fingerprint density at radius 3 is 2.77 bits per heavy atom. The van der Waals surface area contributed by atoms with Gasteiger partial charge in [0.25, 0.3) is 0 Å². The van der Waals surface area contributed by atoms with Crippen molar-refractivity contribution in [2.75, 3.05) is 0 Å². The fourth-order valence-corrected chi connectivity index (χ4v) is 3.87. The van der Waals surface area contributed by atoms with Crippen LogP contribution in [-0.4, -0.2) is 24.5 Å². The number of aromatic nitrogens is 5. The predicted molar refractivity (Wildman–Crippen MR) is 99.4 cm³/mol. The van der Waals surface area contributed by atoms with Crippen molar-refractivity contribution >= 4 is 22.8 Å². The van der Waals surface area contributed by atoms with Crippen LogP contribution in [0.1, 0.15) is 38.4 Å². The van der Waals surface area contributed by atoms with E-state index in [-0.39, 0.29) is 5.82 Å². The van der Waals surface area contributed by atoms with Crippen LogP contribution in [0.2, 0.25) is 5.02 Å². The molecule has 0 radical (unpaired) electrons.